The van der Waals surface area contributed by atoms with E-state index in [0.717, 1.165) is 18.9 Å². The van der Waals surface area contributed by atoms with Gasteiger partial charge in [-0.15, -0.1) is 0 Å². The van der Waals surface area contributed by atoms with Crippen LogP contribution < -0.4 is 16.2 Å². The number of piperidine rings is 1. The van der Waals surface area contributed by atoms with E-state index in [4.69, 9.17) is 5.84 Å². The molecule has 8 heteroatoms. The second-order valence-corrected chi connectivity index (χ2v) is 4.77. The molecule has 0 aliphatic carbocycles. The number of hydrogen-bond donors (Lipinski definition) is 2. The van der Waals surface area contributed by atoms with Crippen LogP contribution in [0.25, 0.3) is 0 Å². The third-order valence-electron chi connectivity index (χ3n) is 3.11. The van der Waals surface area contributed by atoms with Gasteiger partial charge in [0, 0.05) is 19.2 Å². The number of nitrogens with two attached hydrogens (primary N) is 1. The van der Waals surface area contributed by atoms with E-state index < -0.39 is 11.9 Å². The van der Waals surface area contributed by atoms with Gasteiger partial charge in [0.2, 0.25) is 5.95 Å². The summed E-state index contributed by atoms with van der Waals surface area (Å²) in [5.74, 6) is 5.61. The maximum atomic E-state index is 12.8. The van der Waals surface area contributed by atoms with Crippen molar-refractivity contribution in [3.63, 3.8) is 0 Å². The molecule has 0 saturated carbocycles. The van der Waals surface area contributed by atoms with Crippen LogP contribution >= 0.6 is 0 Å². The van der Waals surface area contributed by atoms with E-state index in [1.807, 2.05) is 4.90 Å². The zero-order chi connectivity index (χ0) is 14.0. The molecule has 1 atom stereocenters. The summed E-state index contributed by atoms with van der Waals surface area (Å²) >= 11 is 0. The molecule has 1 aromatic rings. The minimum Gasteiger partial charge on any atom is -0.356 e. The van der Waals surface area contributed by atoms with E-state index in [1.54, 1.807) is 0 Å². The monoisotopic (exact) mass is 275 g/mol. The SMILES string of the molecule is CC1CCCN(c2cc(C(F)(F)F)nc(NN)n2)C1. The summed E-state index contributed by atoms with van der Waals surface area (Å²) in [4.78, 5) is 9.18. The maximum Gasteiger partial charge on any atom is 0.433 e. The summed E-state index contributed by atoms with van der Waals surface area (Å²) in [5, 5.41) is 0. The number of halogens is 3. The first-order chi connectivity index (χ1) is 8.90. The highest BCUT2D eigenvalue weighted by atomic mass is 19.4. The molecule has 0 radical (unpaired) electrons. The van der Waals surface area contributed by atoms with Crippen molar-refractivity contribution in [2.45, 2.75) is 25.9 Å². The topological polar surface area (TPSA) is 67.1 Å². The van der Waals surface area contributed by atoms with Gasteiger partial charge in [-0.3, -0.25) is 5.43 Å². The Morgan fingerprint density at radius 2 is 2.16 bits per heavy atom. The molecule has 0 bridgehead atoms. The lowest BCUT2D eigenvalue weighted by Gasteiger charge is -2.32. The molecule has 1 aliphatic rings. The van der Waals surface area contributed by atoms with E-state index in [2.05, 4.69) is 22.3 Å². The van der Waals surface area contributed by atoms with Gasteiger partial charge in [0.25, 0.3) is 0 Å². The Labute approximate surface area is 109 Å². The summed E-state index contributed by atoms with van der Waals surface area (Å²) in [6.07, 6.45) is -2.49. The Morgan fingerprint density at radius 3 is 2.74 bits per heavy atom. The van der Waals surface area contributed by atoms with E-state index >= 15 is 0 Å². The van der Waals surface area contributed by atoms with Crippen LogP contribution in [0.5, 0.6) is 0 Å². The van der Waals surface area contributed by atoms with Gasteiger partial charge < -0.3 is 4.90 Å². The highest BCUT2D eigenvalue weighted by Gasteiger charge is 2.34. The number of alkyl halides is 3. The fourth-order valence-electron chi connectivity index (χ4n) is 2.20. The van der Waals surface area contributed by atoms with E-state index in [9.17, 15) is 13.2 Å². The van der Waals surface area contributed by atoms with Gasteiger partial charge in [0.05, 0.1) is 0 Å². The molecule has 19 heavy (non-hydrogen) atoms. The van der Waals surface area contributed by atoms with Gasteiger partial charge >= 0.3 is 6.18 Å². The largest absolute Gasteiger partial charge is 0.433 e. The standard InChI is InChI=1S/C11H16F3N5/c1-7-3-2-4-19(6-7)9-5-8(11(12,13)14)16-10(17-9)18-15/h5,7H,2-4,6,15H2,1H3,(H,16,17,18). The molecule has 1 unspecified atom stereocenters. The van der Waals surface area contributed by atoms with Crippen molar-refractivity contribution < 1.29 is 13.2 Å². The van der Waals surface area contributed by atoms with Gasteiger partial charge in [-0.05, 0) is 18.8 Å². The Hall–Kier alpha value is -1.57. The predicted molar refractivity (Wildman–Crippen MR) is 65.5 cm³/mol. The highest BCUT2D eigenvalue weighted by Crippen LogP contribution is 2.31. The van der Waals surface area contributed by atoms with E-state index in [-0.39, 0.29) is 11.8 Å². The zero-order valence-corrected chi connectivity index (χ0v) is 10.5. The van der Waals surface area contributed by atoms with Crippen molar-refractivity contribution in [2.24, 2.45) is 11.8 Å². The normalized spacial score (nSPS) is 20.5. The Bertz CT molecular complexity index is 448. The van der Waals surface area contributed by atoms with Crippen LogP contribution in [0.3, 0.4) is 0 Å². The average molecular weight is 275 g/mol. The number of nitrogens with one attached hydrogen (secondary N) is 1. The van der Waals surface area contributed by atoms with Gasteiger partial charge in [0.1, 0.15) is 5.82 Å². The third kappa shape index (κ3) is 3.25. The second-order valence-electron chi connectivity index (χ2n) is 4.77. The van der Waals surface area contributed by atoms with Crippen LogP contribution in [-0.4, -0.2) is 23.1 Å². The minimum atomic E-state index is -4.51. The summed E-state index contributed by atoms with van der Waals surface area (Å²) < 4.78 is 38.3. The number of hydrazine groups is 1. The van der Waals surface area contributed by atoms with Crippen LogP contribution in [0.2, 0.25) is 0 Å². The van der Waals surface area contributed by atoms with Gasteiger partial charge in [-0.25, -0.2) is 10.8 Å². The molecule has 1 saturated heterocycles. The van der Waals surface area contributed by atoms with Crippen LogP contribution in [0.15, 0.2) is 6.07 Å². The lowest BCUT2D eigenvalue weighted by molar-refractivity contribution is -0.141. The fourth-order valence-corrected chi connectivity index (χ4v) is 2.20. The summed E-state index contributed by atoms with van der Waals surface area (Å²) in [5.41, 5.74) is 1.10. The summed E-state index contributed by atoms with van der Waals surface area (Å²) in [6.45, 7) is 3.46. The number of hydrogen-bond acceptors (Lipinski definition) is 5. The molecule has 5 nitrogen and oxygen atoms in total. The van der Waals surface area contributed by atoms with Crippen LogP contribution in [-0.2, 0) is 6.18 Å². The van der Waals surface area contributed by atoms with Crippen LogP contribution in [0.1, 0.15) is 25.5 Å². The van der Waals surface area contributed by atoms with Crippen LogP contribution in [0.4, 0.5) is 24.9 Å². The molecule has 2 heterocycles. The molecule has 0 amide bonds. The molecule has 1 fully saturated rings. The average Bonchev–Trinajstić information content (AvgIpc) is 2.37. The molecule has 0 spiro atoms. The summed E-state index contributed by atoms with van der Waals surface area (Å²) in [7, 11) is 0. The lowest BCUT2D eigenvalue weighted by Crippen LogP contribution is -2.35. The van der Waals surface area contributed by atoms with E-state index in [1.165, 1.54) is 0 Å². The first-order valence-corrected chi connectivity index (χ1v) is 6.08. The number of aromatic nitrogens is 2. The van der Waals surface area contributed by atoms with Gasteiger partial charge in [0.15, 0.2) is 5.69 Å². The third-order valence-corrected chi connectivity index (χ3v) is 3.11. The number of nitrogens with zero attached hydrogens (tertiary/aromatic N) is 3. The lowest BCUT2D eigenvalue weighted by atomic mass is 10.0. The molecule has 2 rings (SSSR count). The van der Waals surface area contributed by atoms with Crippen molar-refractivity contribution >= 4 is 11.8 Å². The van der Waals surface area contributed by atoms with Crippen molar-refractivity contribution in [1.82, 2.24) is 9.97 Å². The molecule has 3 N–H and O–H groups in total. The molecule has 0 aromatic carbocycles. The second kappa shape index (κ2) is 5.20. The summed E-state index contributed by atoms with van der Waals surface area (Å²) in [6, 6.07) is 0.971. The van der Waals surface area contributed by atoms with Crippen molar-refractivity contribution in [3.8, 4) is 0 Å². The van der Waals surface area contributed by atoms with Crippen LogP contribution in [0, 0.1) is 5.92 Å². The predicted octanol–water partition coefficient (Wildman–Crippen LogP) is 2.02. The number of anilines is 2. The number of rotatable bonds is 2. The number of nitrogen functional groups attached to an aromatic ring is 1. The molecular formula is C11H16F3N5. The minimum absolute atomic E-state index is 0.219. The van der Waals surface area contributed by atoms with Gasteiger partial charge in [-0.1, -0.05) is 6.92 Å². The van der Waals surface area contributed by atoms with Crippen molar-refractivity contribution in [3.05, 3.63) is 11.8 Å². The Morgan fingerprint density at radius 1 is 1.42 bits per heavy atom. The van der Waals surface area contributed by atoms with Gasteiger partial charge in [-0.2, -0.15) is 18.2 Å². The highest BCUT2D eigenvalue weighted by molar-refractivity contribution is 5.45. The Kier molecular flexibility index (Phi) is 3.79. The Balaban J connectivity index is 2.34. The molecule has 1 aromatic heterocycles. The maximum absolute atomic E-state index is 12.8. The van der Waals surface area contributed by atoms with Crippen molar-refractivity contribution in [2.75, 3.05) is 23.4 Å². The first-order valence-electron chi connectivity index (χ1n) is 6.08. The quantitative estimate of drug-likeness (QED) is 0.638. The molecular weight excluding hydrogens is 259 g/mol. The zero-order valence-electron chi connectivity index (χ0n) is 10.5. The molecule has 106 valence electrons. The van der Waals surface area contributed by atoms with Crippen molar-refractivity contribution in [1.29, 1.82) is 0 Å². The fraction of sp³-hybridized carbons (Fsp3) is 0.636. The first kappa shape index (κ1) is 13.9. The molecule has 1 aliphatic heterocycles. The van der Waals surface area contributed by atoms with E-state index in [0.29, 0.717) is 19.0 Å². The smallest absolute Gasteiger partial charge is 0.356 e.